The third-order valence-electron chi connectivity index (χ3n) is 4.17. The summed E-state index contributed by atoms with van der Waals surface area (Å²) in [5.74, 6) is 0.239. The Labute approximate surface area is 145 Å². The highest BCUT2D eigenvalue weighted by atomic mass is 32.2. The molecule has 3 N–H and O–H groups in total. The number of hydrogen-bond donors (Lipinski definition) is 2. The molecule has 1 aliphatic rings. The van der Waals surface area contributed by atoms with E-state index in [1.54, 1.807) is 11.8 Å². The molecule has 2 amide bonds. The number of carbonyl (C=O) groups is 2. The smallest absolute Gasteiger partial charge is 0.240 e. The zero-order chi connectivity index (χ0) is 16.9. The lowest BCUT2D eigenvalue weighted by Gasteiger charge is -2.26. The number of thioether (sulfide) groups is 1. The minimum absolute atomic E-state index is 0.146. The van der Waals surface area contributed by atoms with E-state index in [4.69, 9.17) is 5.73 Å². The van der Waals surface area contributed by atoms with Gasteiger partial charge in [-0.2, -0.15) is 0 Å². The van der Waals surface area contributed by atoms with Crippen molar-refractivity contribution >= 4 is 23.6 Å². The number of nitrogens with one attached hydrogen (secondary N) is 1. The first-order valence-electron chi connectivity index (χ1n) is 7.98. The van der Waals surface area contributed by atoms with E-state index in [0.29, 0.717) is 6.42 Å². The molecular formula is C19H20N2O2S. The van der Waals surface area contributed by atoms with Crippen LogP contribution in [-0.2, 0) is 22.4 Å². The highest BCUT2D eigenvalue weighted by Gasteiger charge is 2.29. The van der Waals surface area contributed by atoms with Crippen molar-refractivity contribution in [3.05, 3.63) is 71.3 Å². The molecule has 0 saturated heterocycles. The summed E-state index contributed by atoms with van der Waals surface area (Å²) in [6.07, 6.45) is 1.37. The Bertz CT molecular complexity index is 733. The first kappa shape index (κ1) is 16.6. The second kappa shape index (κ2) is 7.53. The predicted octanol–water partition coefficient (Wildman–Crippen LogP) is 2.23. The van der Waals surface area contributed by atoms with E-state index in [2.05, 4.69) is 11.4 Å². The number of benzene rings is 2. The Hall–Kier alpha value is -2.27. The number of amides is 2. The summed E-state index contributed by atoms with van der Waals surface area (Å²) in [6.45, 7) is 0. The maximum Gasteiger partial charge on any atom is 0.240 e. The van der Waals surface area contributed by atoms with Crippen molar-refractivity contribution in [2.75, 3.05) is 5.75 Å². The van der Waals surface area contributed by atoms with Crippen LogP contribution in [0.4, 0.5) is 0 Å². The number of primary amides is 1. The SMILES string of the molecule is NC(=O)C(Cc1ccccc1)NC(=O)C1SCCc2ccccc21. The molecule has 0 bridgehead atoms. The molecule has 2 atom stereocenters. The average Bonchev–Trinajstić information content (AvgIpc) is 2.61. The topological polar surface area (TPSA) is 72.2 Å². The Kier molecular flexibility index (Phi) is 5.20. The van der Waals surface area contributed by atoms with Gasteiger partial charge < -0.3 is 11.1 Å². The molecule has 1 aliphatic heterocycles. The van der Waals surface area contributed by atoms with Crippen molar-refractivity contribution in [3.63, 3.8) is 0 Å². The first-order chi connectivity index (χ1) is 11.6. The van der Waals surface area contributed by atoms with E-state index in [-0.39, 0.29) is 11.2 Å². The van der Waals surface area contributed by atoms with Crippen LogP contribution >= 0.6 is 11.8 Å². The van der Waals surface area contributed by atoms with Crippen LogP contribution in [0.2, 0.25) is 0 Å². The fourth-order valence-electron chi connectivity index (χ4n) is 2.93. The molecule has 4 nitrogen and oxygen atoms in total. The van der Waals surface area contributed by atoms with Crippen LogP contribution in [0.15, 0.2) is 54.6 Å². The van der Waals surface area contributed by atoms with Crippen molar-refractivity contribution in [3.8, 4) is 0 Å². The van der Waals surface area contributed by atoms with Gasteiger partial charge in [-0.25, -0.2) is 0 Å². The van der Waals surface area contributed by atoms with E-state index >= 15 is 0 Å². The van der Waals surface area contributed by atoms with Crippen molar-refractivity contribution in [2.24, 2.45) is 5.73 Å². The van der Waals surface area contributed by atoms with Gasteiger partial charge in [0.15, 0.2) is 0 Å². The van der Waals surface area contributed by atoms with Crippen LogP contribution < -0.4 is 11.1 Å². The van der Waals surface area contributed by atoms with Crippen LogP contribution in [0.1, 0.15) is 21.9 Å². The van der Waals surface area contributed by atoms with Crippen LogP contribution in [0, 0.1) is 0 Å². The molecule has 1 heterocycles. The summed E-state index contributed by atoms with van der Waals surface area (Å²) in [4.78, 5) is 24.5. The molecule has 0 aromatic heterocycles. The molecule has 5 heteroatoms. The van der Waals surface area contributed by atoms with Gasteiger partial charge in [0.25, 0.3) is 0 Å². The van der Waals surface area contributed by atoms with Crippen molar-refractivity contribution < 1.29 is 9.59 Å². The monoisotopic (exact) mass is 340 g/mol. The minimum Gasteiger partial charge on any atom is -0.368 e. The normalized spacial score (nSPS) is 17.6. The van der Waals surface area contributed by atoms with E-state index in [9.17, 15) is 9.59 Å². The van der Waals surface area contributed by atoms with Gasteiger partial charge >= 0.3 is 0 Å². The standard InChI is InChI=1S/C19H20N2O2S/c20-18(22)16(12-13-6-2-1-3-7-13)21-19(23)17-15-9-5-4-8-14(15)10-11-24-17/h1-9,16-17H,10-12H2,(H2,20,22)(H,21,23). The number of rotatable bonds is 5. The summed E-state index contributed by atoms with van der Waals surface area (Å²) in [7, 11) is 0. The summed E-state index contributed by atoms with van der Waals surface area (Å²) in [6, 6.07) is 16.9. The zero-order valence-corrected chi connectivity index (χ0v) is 14.1. The molecule has 3 rings (SSSR count). The van der Waals surface area contributed by atoms with Crippen molar-refractivity contribution in [2.45, 2.75) is 24.1 Å². The second-order valence-corrected chi connectivity index (χ2v) is 7.07. The molecule has 2 unspecified atom stereocenters. The maximum absolute atomic E-state index is 12.7. The summed E-state index contributed by atoms with van der Waals surface area (Å²) >= 11 is 1.61. The number of aryl methyl sites for hydroxylation is 1. The van der Waals surface area contributed by atoms with E-state index < -0.39 is 11.9 Å². The Morgan fingerprint density at radius 1 is 1.12 bits per heavy atom. The maximum atomic E-state index is 12.7. The van der Waals surface area contributed by atoms with Crippen LogP contribution in [0.3, 0.4) is 0 Å². The van der Waals surface area contributed by atoms with Gasteiger partial charge in [-0.05, 0) is 28.9 Å². The average molecular weight is 340 g/mol. The zero-order valence-electron chi connectivity index (χ0n) is 13.3. The van der Waals surface area contributed by atoms with Gasteiger partial charge in [-0.3, -0.25) is 9.59 Å². The van der Waals surface area contributed by atoms with E-state index in [0.717, 1.165) is 23.3 Å². The fourth-order valence-corrected chi connectivity index (χ4v) is 4.13. The van der Waals surface area contributed by atoms with E-state index in [1.807, 2.05) is 48.5 Å². The lowest BCUT2D eigenvalue weighted by molar-refractivity contribution is -0.127. The van der Waals surface area contributed by atoms with Crippen molar-refractivity contribution in [1.29, 1.82) is 0 Å². The van der Waals surface area contributed by atoms with Gasteiger partial charge in [0.1, 0.15) is 11.3 Å². The Morgan fingerprint density at radius 2 is 1.83 bits per heavy atom. The molecule has 24 heavy (non-hydrogen) atoms. The second-order valence-electron chi connectivity index (χ2n) is 5.85. The molecule has 0 fully saturated rings. The van der Waals surface area contributed by atoms with E-state index in [1.165, 1.54) is 5.56 Å². The fraction of sp³-hybridized carbons (Fsp3) is 0.263. The summed E-state index contributed by atoms with van der Waals surface area (Å²) in [5, 5.41) is 2.56. The highest BCUT2D eigenvalue weighted by Crippen LogP contribution is 2.36. The van der Waals surface area contributed by atoms with Gasteiger partial charge in [0.05, 0.1) is 0 Å². The van der Waals surface area contributed by atoms with Crippen LogP contribution in [0.25, 0.3) is 0 Å². The molecule has 2 aromatic carbocycles. The molecule has 0 radical (unpaired) electrons. The number of nitrogens with two attached hydrogens (primary N) is 1. The largest absolute Gasteiger partial charge is 0.368 e. The Morgan fingerprint density at radius 3 is 2.58 bits per heavy atom. The number of carbonyl (C=O) groups excluding carboxylic acids is 2. The number of fused-ring (bicyclic) bond motifs is 1. The molecular weight excluding hydrogens is 320 g/mol. The van der Waals surface area contributed by atoms with Gasteiger partial charge in [-0.15, -0.1) is 11.8 Å². The summed E-state index contributed by atoms with van der Waals surface area (Å²) in [5.41, 5.74) is 8.71. The third-order valence-corrected chi connectivity index (χ3v) is 5.42. The lowest BCUT2D eigenvalue weighted by Crippen LogP contribution is -2.47. The first-order valence-corrected chi connectivity index (χ1v) is 9.03. The van der Waals surface area contributed by atoms with Gasteiger partial charge in [0.2, 0.25) is 11.8 Å². The van der Waals surface area contributed by atoms with Crippen molar-refractivity contribution in [1.82, 2.24) is 5.32 Å². The highest BCUT2D eigenvalue weighted by molar-refractivity contribution is 8.00. The third kappa shape index (κ3) is 3.79. The molecule has 0 spiro atoms. The lowest BCUT2D eigenvalue weighted by atomic mass is 10.0. The Balaban J connectivity index is 1.74. The number of hydrogen-bond acceptors (Lipinski definition) is 3. The van der Waals surface area contributed by atoms with Crippen LogP contribution in [0.5, 0.6) is 0 Å². The minimum atomic E-state index is -0.699. The molecule has 0 saturated carbocycles. The van der Waals surface area contributed by atoms with Crippen LogP contribution in [-0.4, -0.2) is 23.6 Å². The van der Waals surface area contributed by atoms with Gasteiger partial charge in [-0.1, -0.05) is 54.6 Å². The molecule has 2 aromatic rings. The predicted molar refractivity (Wildman–Crippen MR) is 96.6 cm³/mol. The molecule has 0 aliphatic carbocycles. The summed E-state index contributed by atoms with van der Waals surface area (Å²) < 4.78 is 0. The molecule has 124 valence electrons. The van der Waals surface area contributed by atoms with Gasteiger partial charge in [0, 0.05) is 6.42 Å². The quantitative estimate of drug-likeness (QED) is 0.877.